The van der Waals surface area contributed by atoms with E-state index < -0.39 is 0 Å². The summed E-state index contributed by atoms with van der Waals surface area (Å²) in [6.07, 6.45) is 8.62. The zero-order valence-corrected chi connectivity index (χ0v) is 10.9. The molecule has 3 nitrogen and oxygen atoms in total. The Balaban J connectivity index is 1.77. The minimum Gasteiger partial charge on any atom is -0.382 e. The topological polar surface area (TPSA) is 40.7 Å². The zero-order chi connectivity index (χ0) is 12.4. The van der Waals surface area contributed by atoms with Gasteiger partial charge in [-0.05, 0) is 37.0 Å². The van der Waals surface area contributed by atoms with Crippen LogP contribution in [0.15, 0.2) is 24.4 Å². The van der Waals surface area contributed by atoms with E-state index in [1.165, 1.54) is 43.2 Å². The molecule has 1 aliphatic rings. The standard InChI is InChI=1S/C15H21N3/c1-2-11-5-3-4-6-14(11)17-13-7-8-15-12(9-13)10-16-18-15/h7-11,14,17H,2-6H2,1H3,(H,16,18). The average molecular weight is 243 g/mol. The fraction of sp³-hybridized carbons (Fsp3) is 0.533. The van der Waals surface area contributed by atoms with E-state index in [1.54, 1.807) is 0 Å². The number of hydrogen-bond acceptors (Lipinski definition) is 2. The normalized spacial score (nSPS) is 24.3. The predicted molar refractivity (Wildman–Crippen MR) is 75.8 cm³/mol. The molecule has 1 heterocycles. The van der Waals surface area contributed by atoms with E-state index in [2.05, 4.69) is 40.6 Å². The van der Waals surface area contributed by atoms with Crippen LogP contribution in [0.4, 0.5) is 5.69 Å². The molecule has 3 heteroatoms. The van der Waals surface area contributed by atoms with Crippen molar-refractivity contribution in [1.82, 2.24) is 10.2 Å². The van der Waals surface area contributed by atoms with Gasteiger partial charge in [0.2, 0.25) is 0 Å². The van der Waals surface area contributed by atoms with Gasteiger partial charge in [-0.2, -0.15) is 5.10 Å². The highest BCUT2D eigenvalue weighted by Crippen LogP contribution is 2.30. The Hall–Kier alpha value is -1.51. The molecule has 1 aromatic carbocycles. The minimum absolute atomic E-state index is 0.646. The fourth-order valence-electron chi connectivity index (χ4n) is 3.13. The summed E-state index contributed by atoms with van der Waals surface area (Å²) in [7, 11) is 0. The van der Waals surface area contributed by atoms with Crippen LogP contribution in [-0.4, -0.2) is 16.2 Å². The molecule has 96 valence electrons. The number of rotatable bonds is 3. The van der Waals surface area contributed by atoms with Gasteiger partial charge in [-0.15, -0.1) is 0 Å². The number of nitrogens with one attached hydrogen (secondary N) is 2. The highest BCUT2D eigenvalue weighted by atomic mass is 15.1. The number of nitrogens with zero attached hydrogens (tertiary/aromatic N) is 1. The number of anilines is 1. The van der Waals surface area contributed by atoms with Crippen molar-refractivity contribution in [3.8, 4) is 0 Å². The average Bonchev–Trinajstić information content (AvgIpc) is 2.87. The van der Waals surface area contributed by atoms with Gasteiger partial charge in [0.1, 0.15) is 0 Å². The van der Waals surface area contributed by atoms with Crippen LogP contribution in [0, 0.1) is 5.92 Å². The Bertz CT molecular complexity index is 517. The summed E-state index contributed by atoms with van der Waals surface area (Å²) in [5, 5.41) is 12.0. The molecule has 3 rings (SSSR count). The van der Waals surface area contributed by atoms with Crippen molar-refractivity contribution >= 4 is 16.6 Å². The molecule has 0 saturated heterocycles. The Morgan fingerprint density at radius 1 is 1.33 bits per heavy atom. The molecule has 2 aromatic rings. The van der Waals surface area contributed by atoms with Crippen molar-refractivity contribution in [2.45, 2.75) is 45.1 Å². The molecule has 0 bridgehead atoms. The number of fused-ring (bicyclic) bond motifs is 1. The van der Waals surface area contributed by atoms with Crippen molar-refractivity contribution in [2.75, 3.05) is 5.32 Å². The van der Waals surface area contributed by atoms with Crippen molar-refractivity contribution in [3.05, 3.63) is 24.4 Å². The molecule has 18 heavy (non-hydrogen) atoms. The second kappa shape index (κ2) is 5.01. The lowest BCUT2D eigenvalue weighted by Gasteiger charge is -2.32. The molecule has 2 atom stereocenters. The lowest BCUT2D eigenvalue weighted by molar-refractivity contribution is 0.317. The first kappa shape index (κ1) is 11.6. The second-order valence-corrected chi connectivity index (χ2v) is 5.38. The van der Waals surface area contributed by atoms with E-state index >= 15 is 0 Å². The first-order valence-electron chi connectivity index (χ1n) is 7.06. The van der Waals surface area contributed by atoms with Crippen molar-refractivity contribution < 1.29 is 0 Å². The van der Waals surface area contributed by atoms with Gasteiger partial charge in [0.15, 0.2) is 0 Å². The third-order valence-electron chi connectivity index (χ3n) is 4.23. The fourth-order valence-corrected chi connectivity index (χ4v) is 3.13. The van der Waals surface area contributed by atoms with Gasteiger partial charge >= 0.3 is 0 Å². The quantitative estimate of drug-likeness (QED) is 0.857. The van der Waals surface area contributed by atoms with Crippen LogP contribution in [-0.2, 0) is 0 Å². The second-order valence-electron chi connectivity index (χ2n) is 5.38. The first-order valence-corrected chi connectivity index (χ1v) is 7.06. The van der Waals surface area contributed by atoms with Gasteiger partial charge in [0, 0.05) is 17.1 Å². The number of aromatic nitrogens is 2. The maximum atomic E-state index is 4.07. The molecule has 1 aliphatic carbocycles. The predicted octanol–water partition coefficient (Wildman–Crippen LogP) is 3.94. The zero-order valence-electron chi connectivity index (χ0n) is 10.9. The van der Waals surface area contributed by atoms with Crippen LogP contribution >= 0.6 is 0 Å². The Labute approximate surface area is 108 Å². The van der Waals surface area contributed by atoms with E-state index in [9.17, 15) is 0 Å². The maximum Gasteiger partial charge on any atom is 0.0651 e. The summed E-state index contributed by atoms with van der Waals surface area (Å²) >= 11 is 0. The van der Waals surface area contributed by atoms with Crippen LogP contribution in [0.1, 0.15) is 39.0 Å². The molecule has 0 radical (unpaired) electrons. The van der Waals surface area contributed by atoms with E-state index in [1.807, 2.05) is 6.20 Å². The number of benzene rings is 1. The molecular formula is C15H21N3. The summed E-state index contributed by atoms with van der Waals surface area (Å²) in [6, 6.07) is 7.10. The summed E-state index contributed by atoms with van der Waals surface area (Å²) in [6.45, 7) is 2.31. The molecule has 1 saturated carbocycles. The summed E-state index contributed by atoms with van der Waals surface area (Å²) < 4.78 is 0. The van der Waals surface area contributed by atoms with Crippen LogP contribution < -0.4 is 5.32 Å². The molecule has 2 unspecified atom stereocenters. The van der Waals surface area contributed by atoms with Gasteiger partial charge in [-0.1, -0.05) is 26.2 Å². The van der Waals surface area contributed by atoms with Gasteiger partial charge < -0.3 is 5.32 Å². The Kier molecular flexibility index (Phi) is 3.22. The van der Waals surface area contributed by atoms with Crippen LogP contribution in [0.5, 0.6) is 0 Å². The molecule has 0 spiro atoms. The maximum absolute atomic E-state index is 4.07. The SMILES string of the molecule is CCC1CCCCC1Nc1ccc2[nH]ncc2c1. The molecule has 0 amide bonds. The van der Waals surface area contributed by atoms with Gasteiger partial charge in [-0.25, -0.2) is 0 Å². The smallest absolute Gasteiger partial charge is 0.0651 e. The third-order valence-corrected chi connectivity index (χ3v) is 4.23. The third kappa shape index (κ3) is 2.22. The molecule has 2 N–H and O–H groups in total. The van der Waals surface area contributed by atoms with E-state index in [0.29, 0.717) is 6.04 Å². The Morgan fingerprint density at radius 3 is 3.11 bits per heavy atom. The molecule has 0 aliphatic heterocycles. The summed E-state index contributed by atoms with van der Waals surface area (Å²) in [4.78, 5) is 0. The highest BCUT2D eigenvalue weighted by molar-refractivity contribution is 5.81. The van der Waals surface area contributed by atoms with E-state index in [0.717, 1.165) is 11.4 Å². The van der Waals surface area contributed by atoms with E-state index in [4.69, 9.17) is 0 Å². The minimum atomic E-state index is 0.646. The van der Waals surface area contributed by atoms with Crippen LogP contribution in [0.25, 0.3) is 10.9 Å². The molecule has 1 fully saturated rings. The number of hydrogen-bond donors (Lipinski definition) is 2. The Morgan fingerprint density at radius 2 is 2.22 bits per heavy atom. The monoisotopic (exact) mass is 243 g/mol. The lowest BCUT2D eigenvalue weighted by atomic mass is 9.83. The summed E-state index contributed by atoms with van der Waals surface area (Å²) in [5.74, 6) is 0.832. The molecular weight excluding hydrogens is 222 g/mol. The van der Waals surface area contributed by atoms with Crippen LogP contribution in [0.2, 0.25) is 0 Å². The van der Waals surface area contributed by atoms with Gasteiger partial charge in [-0.3, -0.25) is 5.10 Å². The van der Waals surface area contributed by atoms with Crippen molar-refractivity contribution in [3.63, 3.8) is 0 Å². The van der Waals surface area contributed by atoms with Gasteiger partial charge in [0.05, 0.1) is 11.7 Å². The largest absolute Gasteiger partial charge is 0.382 e. The van der Waals surface area contributed by atoms with Crippen molar-refractivity contribution in [2.24, 2.45) is 5.92 Å². The van der Waals surface area contributed by atoms with Gasteiger partial charge in [0.25, 0.3) is 0 Å². The summed E-state index contributed by atoms with van der Waals surface area (Å²) in [5.41, 5.74) is 2.34. The highest BCUT2D eigenvalue weighted by Gasteiger charge is 2.23. The lowest BCUT2D eigenvalue weighted by Crippen LogP contribution is -2.31. The first-order chi connectivity index (χ1) is 8.86. The van der Waals surface area contributed by atoms with Crippen molar-refractivity contribution in [1.29, 1.82) is 0 Å². The van der Waals surface area contributed by atoms with E-state index in [-0.39, 0.29) is 0 Å². The molecule has 1 aromatic heterocycles. The number of H-pyrrole nitrogens is 1. The van der Waals surface area contributed by atoms with Crippen LogP contribution in [0.3, 0.4) is 0 Å². The number of aromatic amines is 1.